The number of nitrogens with zero attached hydrogens (tertiary/aromatic N) is 2. The van der Waals surface area contributed by atoms with Gasteiger partial charge in [-0.2, -0.15) is 0 Å². The number of sulfonamides is 1. The zero-order chi connectivity index (χ0) is 26.7. The monoisotopic (exact) mass is 545 g/mol. The number of nitrogens with one attached hydrogen (secondary N) is 1. The van der Waals surface area contributed by atoms with Gasteiger partial charge in [0.25, 0.3) is 21.6 Å². The van der Waals surface area contributed by atoms with Gasteiger partial charge in [-0.1, -0.05) is 29.8 Å². The van der Waals surface area contributed by atoms with Gasteiger partial charge in [-0.3, -0.25) is 19.2 Å². The second kappa shape index (κ2) is 10.4. The van der Waals surface area contributed by atoms with Crippen LogP contribution in [-0.2, 0) is 26.0 Å². The van der Waals surface area contributed by atoms with Gasteiger partial charge in [0.15, 0.2) is 6.61 Å². The Labute approximate surface area is 216 Å². The average Bonchev–Trinajstić information content (AvgIpc) is 3.32. The Bertz CT molecular complexity index is 1510. The van der Waals surface area contributed by atoms with Crippen molar-refractivity contribution in [2.24, 2.45) is 0 Å². The molecule has 11 nitrogen and oxygen atoms in total. The maximum absolute atomic E-state index is 13.4. The minimum Gasteiger partial charge on any atom is -0.495 e. The Morgan fingerprint density at radius 2 is 1.89 bits per heavy atom. The number of anilines is 2. The van der Waals surface area contributed by atoms with E-state index in [1.165, 1.54) is 35.7 Å². The minimum absolute atomic E-state index is 0.0171. The number of fused-ring (bicyclic) bond motifs is 1. The van der Waals surface area contributed by atoms with Crippen LogP contribution in [0.5, 0.6) is 5.75 Å². The van der Waals surface area contributed by atoms with Crippen LogP contribution >= 0.6 is 11.6 Å². The van der Waals surface area contributed by atoms with E-state index in [4.69, 9.17) is 21.1 Å². The van der Waals surface area contributed by atoms with E-state index in [0.29, 0.717) is 12.1 Å². The van der Waals surface area contributed by atoms with Gasteiger partial charge in [-0.25, -0.2) is 13.2 Å². The first-order valence-electron chi connectivity index (χ1n) is 10.8. The molecule has 0 saturated heterocycles. The number of nitro groups is 1. The van der Waals surface area contributed by atoms with Crippen molar-refractivity contribution in [3.05, 3.63) is 86.9 Å². The molecular weight excluding hydrogens is 526 g/mol. The fourth-order valence-corrected chi connectivity index (χ4v) is 5.82. The summed E-state index contributed by atoms with van der Waals surface area (Å²) in [6, 6.07) is 14.4. The highest BCUT2D eigenvalue weighted by molar-refractivity contribution is 7.93. The summed E-state index contributed by atoms with van der Waals surface area (Å²) in [5.74, 6) is -1.58. The lowest BCUT2D eigenvalue weighted by Gasteiger charge is -2.20. The molecule has 1 aliphatic heterocycles. The molecule has 1 N–H and O–H groups in total. The zero-order valence-corrected chi connectivity index (χ0v) is 20.9. The minimum atomic E-state index is -4.08. The van der Waals surface area contributed by atoms with Crippen molar-refractivity contribution in [3.63, 3.8) is 0 Å². The van der Waals surface area contributed by atoms with Crippen molar-refractivity contribution in [2.45, 2.75) is 11.3 Å². The number of carbonyl (C=O) groups excluding carboxylic acids is 2. The number of amides is 1. The Morgan fingerprint density at radius 3 is 2.62 bits per heavy atom. The van der Waals surface area contributed by atoms with Crippen LogP contribution in [0.1, 0.15) is 15.9 Å². The SMILES string of the molecule is COc1ccc([N+](=O)[O-])cc1NC(=O)COC(=O)c1ccc(Cl)c(S(=O)(=O)N2CCc3ccccc32)c1. The smallest absolute Gasteiger partial charge is 0.338 e. The molecular formula is C24H20ClN3O8S. The molecule has 4 rings (SSSR count). The molecule has 0 bridgehead atoms. The number of non-ortho nitro benzene ring substituents is 1. The summed E-state index contributed by atoms with van der Waals surface area (Å²) in [7, 11) is -2.76. The quantitative estimate of drug-likeness (QED) is 0.255. The molecule has 0 aliphatic carbocycles. The first kappa shape index (κ1) is 25.9. The van der Waals surface area contributed by atoms with Crippen LogP contribution in [-0.4, -0.2) is 45.5 Å². The van der Waals surface area contributed by atoms with Crippen LogP contribution in [0.15, 0.2) is 65.6 Å². The second-order valence-corrected chi connectivity index (χ2v) is 10.1. The van der Waals surface area contributed by atoms with Gasteiger partial charge in [-0.15, -0.1) is 0 Å². The number of ether oxygens (including phenoxy) is 2. The molecule has 0 saturated carbocycles. The predicted octanol–water partition coefficient (Wildman–Crippen LogP) is 3.80. The van der Waals surface area contributed by atoms with Crippen molar-refractivity contribution in [1.82, 2.24) is 0 Å². The van der Waals surface area contributed by atoms with E-state index in [1.54, 1.807) is 12.1 Å². The Morgan fingerprint density at radius 1 is 1.14 bits per heavy atom. The van der Waals surface area contributed by atoms with Crippen LogP contribution in [0.2, 0.25) is 5.02 Å². The number of benzene rings is 3. The molecule has 13 heteroatoms. The third kappa shape index (κ3) is 5.34. The normalized spacial score (nSPS) is 12.5. The fourth-order valence-electron chi connectivity index (χ4n) is 3.81. The molecule has 3 aromatic carbocycles. The maximum Gasteiger partial charge on any atom is 0.338 e. The summed E-state index contributed by atoms with van der Waals surface area (Å²) in [4.78, 5) is 35.0. The third-order valence-electron chi connectivity index (χ3n) is 5.58. The van der Waals surface area contributed by atoms with Crippen LogP contribution < -0.4 is 14.4 Å². The summed E-state index contributed by atoms with van der Waals surface area (Å²) in [6.07, 6.45) is 0.541. The Hall–Kier alpha value is -4.16. The van der Waals surface area contributed by atoms with Gasteiger partial charge in [0.05, 0.1) is 34.0 Å². The van der Waals surface area contributed by atoms with E-state index < -0.39 is 33.4 Å². The molecule has 0 radical (unpaired) electrons. The van der Waals surface area contributed by atoms with E-state index in [9.17, 15) is 28.1 Å². The van der Waals surface area contributed by atoms with Gasteiger partial charge >= 0.3 is 5.97 Å². The van der Waals surface area contributed by atoms with Crippen molar-refractivity contribution < 1.29 is 32.4 Å². The summed E-state index contributed by atoms with van der Waals surface area (Å²) in [6.45, 7) is -0.511. The highest BCUT2D eigenvalue weighted by atomic mass is 35.5. The van der Waals surface area contributed by atoms with Crippen LogP contribution in [0.4, 0.5) is 17.1 Å². The number of halogens is 1. The number of methoxy groups -OCH3 is 1. The molecule has 1 aliphatic rings. The number of para-hydroxylation sites is 1. The second-order valence-electron chi connectivity index (χ2n) is 7.87. The van der Waals surface area contributed by atoms with E-state index in [2.05, 4.69) is 5.32 Å². The number of hydrogen-bond acceptors (Lipinski definition) is 8. The Balaban J connectivity index is 1.48. The number of rotatable bonds is 8. The molecule has 0 unspecified atom stereocenters. The van der Waals surface area contributed by atoms with Crippen molar-refractivity contribution >= 4 is 50.6 Å². The molecule has 37 heavy (non-hydrogen) atoms. The van der Waals surface area contributed by atoms with E-state index in [-0.39, 0.29) is 39.2 Å². The molecule has 3 aromatic rings. The number of hydrogen-bond donors (Lipinski definition) is 1. The lowest BCUT2D eigenvalue weighted by molar-refractivity contribution is -0.384. The Kier molecular flexibility index (Phi) is 7.32. The topological polar surface area (TPSA) is 145 Å². The first-order valence-corrected chi connectivity index (χ1v) is 12.6. The standard InChI is InChI=1S/C24H20ClN3O8S/c1-35-21-9-7-17(28(31)32)13-19(21)26-23(29)14-36-24(30)16-6-8-18(25)22(12-16)37(33,34)27-11-10-15-4-2-3-5-20(15)27/h2-9,12-13H,10-11,14H2,1H3,(H,26,29). The largest absolute Gasteiger partial charge is 0.495 e. The molecule has 0 atom stereocenters. The molecule has 0 spiro atoms. The summed E-state index contributed by atoms with van der Waals surface area (Å²) in [5.41, 5.74) is 1.03. The highest BCUT2D eigenvalue weighted by Crippen LogP contribution is 2.35. The number of carbonyl (C=O) groups is 2. The van der Waals surface area contributed by atoms with E-state index in [0.717, 1.165) is 17.7 Å². The lowest BCUT2D eigenvalue weighted by Crippen LogP contribution is -2.29. The summed E-state index contributed by atoms with van der Waals surface area (Å²) in [5, 5.41) is 13.3. The van der Waals surface area contributed by atoms with Gasteiger partial charge in [0.1, 0.15) is 10.6 Å². The zero-order valence-electron chi connectivity index (χ0n) is 19.3. The van der Waals surface area contributed by atoms with E-state index >= 15 is 0 Å². The molecule has 0 aromatic heterocycles. The number of esters is 1. The highest BCUT2D eigenvalue weighted by Gasteiger charge is 2.32. The molecule has 0 fully saturated rings. The summed E-state index contributed by atoms with van der Waals surface area (Å²) >= 11 is 6.19. The van der Waals surface area contributed by atoms with Crippen LogP contribution in [0.3, 0.4) is 0 Å². The predicted molar refractivity (Wildman–Crippen MR) is 135 cm³/mol. The van der Waals surface area contributed by atoms with E-state index in [1.807, 2.05) is 12.1 Å². The van der Waals surface area contributed by atoms with Crippen molar-refractivity contribution in [2.75, 3.05) is 29.9 Å². The van der Waals surface area contributed by atoms with Gasteiger partial charge < -0.3 is 14.8 Å². The molecule has 192 valence electrons. The van der Waals surface area contributed by atoms with Crippen LogP contribution in [0, 0.1) is 10.1 Å². The van der Waals surface area contributed by atoms with Crippen molar-refractivity contribution in [1.29, 1.82) is 0 Å². The number of nitro benzene ring substituents is 1. The maximum atomic E-state index is 13.4. The fraction of sp³-hybridized carbons (Fsp3) is 0.167. The first-order chi connectivity index (χ1) is 17.6. The van der Waals surface area contributed by atoms with Crippen LogP contribution in [0.25, 0.3) is 0 Å². The average molecular weight is 546 g/mol. The van der Waals surface area contributed by atoms with Crippen molar-refractivity contribution in [3.8, 4) is 5.75 Å². The third-order valence-corrected chi connectivity index (χ3v) is 7.88. The van der Waals surface area contributed by atoms with Gasteiger partial charge in [0.2, 0.25) is 0 Å². The molecule has 1 amide bonds. The summed E-state index contributed by atoms with van der Waals surface area (Å²) < 4.78 is 38.1. The van der Waals surface area contributed by atoms with Gasteiger partial charge in [0, 0.05) is 18.7 Å². The van der Waals surface area contributed by atoms with Gasteiger partial charge in [-0.05, 0) is 42.3 Å². The lowest BCUT2D eigenvalue weighted by atomic mass is 10.2. The molecule has 1 heterocycles.